The Morgan fingerprint density at radius 1 is 1.21 bits per heavy atom. The number of benzene rings is 1. The molecule has 4 rings (SSSR count). The third-order valence-electron chi connectivity index (χ3n) is 4.48. The largest absolute Gasteiger partial charge is 0.497 e. The van der Waals surface area contributed by atoms with Crippen LogP contribution in [-0.2, 0) is 13.0 Å². The molecule has 0 fully saturated rings. The molecule has 4 nitrogen and oxygen atoms in total. The topological polar surface area (TPSA) is 39.1 Å². The van der Waals surface area contributed by atoms with Gasteiger partial charge >= 0.3 is 0 Å². The average molecular weight is 339 g/mol. The van der Waals surface area contributed by atoms with Crippen molar-refractivity contribution in [3.8, 4) is 17.0 Å². The summed E-state index contributed by atoms with van der Waals surface area (Å²) in [6, 6.07) is 10.2. The number of nitrogens with zero attached hydrogens (tertiary/aromatic N) is 2. The van der Waals surface area contributed by atoms with Crippen molar-refractivity contribution in [1.29, 1.82) is 0 Å². The summed E-state index contributed by atoms with van der Waals surface area (Å²) in [5.74, 6) is 2.11. The van der Waals surface area contributed by atoms with Crippen LogP contribution in [0.3, 0.4) is 0 Å². The molecule has 0 bridgehead atoms. The molecule has 0 radical (unpaired) electrons. The molecule has 0 unspecified atom stereocenters. The second-order valence-electron chi connectivity index (χ2n) is 6.12. The lowest BCUT2D eigenvalue weighted by Crippen LogP contribution is -2.11. The molecule has 0 amide bonds. The van der Waals surface area contributed by atoms with Crippen LogP contribution in [0.15, 0.2) is 35.7 Å². The summed E-state index contributed by atoms with van der Waals surface area (Å²) in [4.78, 5) is 4.77. The van der Waals surface area contributed by atoms with E-state index in [0.717, 1.165) is 35.1 Å². The fourth-order valence-corrected chi connectivity index (χ4v) is 4.13. The first kappa shape index (κ1) is 15.3. The maximum atomic E-state index is 5.20. The molecular formula is C19H21N3OS. The van der Waals surface area contributed by atoms with E-state index >= 15 is 0 Å². The summed E-state index contributed by atoms with van der Waals surface area (Å²) in [6.45, 7) is 3.21. The zero-order valence-corrected chi connectivity index (χ0v) is 14.8. The first-order valence-corrected chi connectivity index (χ1v) is 9.18. The minimum atomic E-state index is 0.869. The number of nitrogens with one attached hydrogen (secondary N) is 1. The van der Waals surface area contributed by atoms with Crippen molar-refractivity contribution >= 4 is 22.0 Å². The van der Waals surface area contributed by atoms with E-state index in [1.54, 1.807) is 18.4 Å². The number of methoxy groups -OCH3 is 1. The van der Waals surface area contributed by atoms with Gasteiger partial charge in [0, 0.05) is 29.6 Å². The molecule has 0 atom stereocenters. The number of hydrogen-bond donors (Lipinski definition) is 1. The van der Waals surface area contributed by atoms with E-state index in [9.17, 15) is 0 Å². The van der Waals surface area contributed by atoms with E-state index in [1.807, 2.05) is 24.3 Å². The molecule has 0 spiro atoms. The summed E-state index contributed by atoms with van der Waals surface area (Å²) in [7, 11) is 1.68. The Bertz CT molecular complexity index is 848. The van der Waals surface area contributed by atoms with Crippen LogP contribution in [0.2, 0.25) is 0 Å². The van der Waals surface area contributed by atoms with Crippen LogP contribution in [0.25, 0.3) is 11.3 Å². The standard InChI is InChI=1S/C19H21N3OS/c1-13-19(22-10-4-3-5-17(22)20-13)14-11-18(24-12-14)21-15-6-8-16(23-2)9-7-15/h6-9,11-12,21H,3-5,10H2,1-2H3. The molecule has 1 aliphatic heterocycles. The molecule has 0 saturated heterocycles. The minimum absolute atomic E-state index is 0.869. The molecule has 24 heavy (non-hydrogen) atoms. The van der Waals surface area contributed by atoms with Gasteiger partial charge in [-0.15, -0.1) is 11.3 Å². The molecule has 0 saturated carbocycles. The molecule has 124 valence electrons. The Labute approximate surface area is 146 Å². The zero-order valence-electron chi connectivity index (χ0n) is 14.0. The Morgan fingerprint density at radius 3 is 2.83 bits per heavy atom. The highest BCUT2D eigenvalue weighted by Gasteiger charge is 2.19. The molecule has 1 aliphatic rings. The van der Waals surface area contributed by atoms with Gasteiger partial charge in [0.05, 0.1) is 23.5 Å². The smallest absolute Gasteiger partial charge is 0.119 e. The maximum absolute atomic E-state index is 5.20. The van der Waals surface area contributed by atoms with Gasteiger partial charge in [0.15, 0.2) is 0 Å². The van der Waals surface area contributed by atoms with Crippen molar-refractivity contribution in [2.75, 3.05) is 12.4 Å². The van der Waals surface area contributed by atoms with Gasteiger partial charge in [-0.3, -0.25) is 0 Å². The minimum Gasteiger partial charge on any atom is -0.497 e. The molecule has 5 heteroatoms. The molecule has 1 aromatic carbocycles. The van der Waals surface area contributed by atoms with Gasteiger partial charge in [-0.1, -0.05) is 0 Å². The number of aryl methyl sites for hydroxylation is 2. The van der Waals surface area contributed by atoms with Gasteiger partial charge in [-0.25, -0.2) is 4.98 Å². The molecule has 0 aliphatic carbocycles. The molecule has 1 N–H and O–H groups in total. The lowest BCUT2D eigenvalue weighted by Gasteiger charge is -2.16. The third-order valence-corrected chi connectivity index (χ3v) is 5.33. The Hall–Kier alpha value is -2.27. The highest BCUT2D eigenvalue weighted by atomic mass is 32.1. The zero-order chi connectivity index (χ0) is 16.5. The Morgan fingerprint density at radius 2 is 2.04 bits per heavy atom. The van der Waals surface area contributed by atoms with E-state index < -0.39 is 0 Å². The second-order valence-corrected chi connectivity index (χ2v) is 7.04. The van der Waals surface area contributed by atoms with Crippen molar-refractivity contribution in [2.45, 2.75) is 32.7 Å². The van der Waals surface area contributed by atoms with Gasteiger partial charge in [-0.05, 0) is 50.1 Å². The van der Waals surface area contributed by atoms with E-state index in [2.05, 4.69) is 28.3 Å². The maximum Gasteiger partial charge on any atom is 0.119 e. The van der Waals surface area contributed by atoms with E-state index in [1.165, 1.54) is 29.9 Å². The quantitative estimate of drug-likeness (QED) is 0.726. The predicted octanol–water partition coefficient (Wildman–Crippen LogP) is 5.01. The number of aromatic nitrogens is 2. The Balaban J connectivity index is 1.60. The average Bonchev–Trinajstić information content (AvgIpc) is 3.18. The SMILES string of the molecule is COc1ccc(Nc2cc(-c3c(C)nc4n3CCCC4)cs2)cc1. The first-order chi connectivity index (χ1) is 11.7. The highest BCUT2D eigenvalue weighted by Crippen LogP contribution is 2.35. The summed E-state index contributed by atoms with van der Waals surface area (Å²) < 4.78 is 7.60. The van der Waals surface area contributed by atoms with E-state index in [4.69, 9.17) is 9.72 Å². The van der Waals surface area contributed by atoms with Crippen LogP contribution in [0.4, 0.5) is 10.7 Å². The normalized spacial score (nSPS) is 13.6. The lowest BCUT2D eigenvalue weighted by molar-refractivity contribution is 0.415. The lowest BCUT2D eigenvalue weighted by atomic mass is 10.1. The first-order valence-electron chi connectivity index (χ1n) is 8.30. The van der Waals surface area contributed by atoms with Crippen LogP contribution in [0, 0.1) is 6.92 Å². The van der Waals surface area contributed by atoms with Crippen LogP contribution in [-0.4, -0.2) is 16.7 Å². The van der Waals surface area contributed by atoms with Gasteiger partial charge in [0.2, 0.25) is 0 Å². The van der Waals surface area contributed by atoms with Crippen molar-refractivity contribution < 1.29 is 4.74 Å². The molecular weight excluding hydrogens is 318 g/mol. The van der Waals surface area contributed by atoms with Crippen molar-refractivity contribution in [3.63, 3.8) is 0 Å². The number of fused-ring (bicyclic) bond motifs is 1. The summed E-state index contributed by atoms with van der Waals surface area (Å²) in [5, 5.41) is 6.83. The van der Waals surface area contributed by atoms with Crippen molar-refractivity contribution in [1.82, 2.24) is 9.55 Å². The molecule has 2 aromatic heterocycles. The number of rotatable bonds is 4. The van der Waals surface area contributed by atoms with Crippen LogP contribution < -0.4 is 10.1 Å². The van der Waals surface area contributed by atoms with Gasteiger partial charge in [-0.2, -0.15) is 0 Å². The van der Waals surface area contributed by atoms with Gasteiger partial charge < -0.3 is 14.6 Å². The monoisotopic (exact) mass is 339 g/mol. The number of ether oxygens (including phenoxy) is 1. The highest BCUT2D eigenvalue weighted by molar-refractivity contribution is 7.14. The third kappa shape index (κ3) is 2.80. The van der Waals surface area contributed by atoms with E-state index in [-0.39, 0.29) is 0 Å². The predicted molar refractivity (Wildman–Crippen MR) is 99.5 cm³/mol. The van der Waals surface area contributed by atoms with E-state index in [0.29, 0.717) is 0 Å². The van der Waals surface area contributed by atoms with Crippen molar-refractivity contribution in [2.24, 2.45) is 0 Å². The Kier molecular flexibility index (Phi) is 4.02. The van der Waals surface area contributed by atoms with Gasteiger partial charge in [0.25, 0.3) is 0 Å². The summed E-state index contributed by atoms with van der Waals surface area (Å²) in [6.07, 6.45) is 3.60. The fraction of sp³-hybridized carbons (Fsp3) is 0.316. The summed E-state index contributed by atoms with van der Waals surface area (Å²) in [5.41, 5.74) is 4.75. The number of thiophene rings is 1. The van der Waals surface area contributed by atoms with Crippen LogP contribution in [0.5, 0.6) is 5.75 Å². The fourth-order valence-electron chi connectivity index (χ4n) is 3.32. The van der Waals surface area contributed by atoms with Crippen LogP contribution >= 0.6 is 11.3 Å². The van der Waals surface area contributed by atoms with Crippen LogP contribution in [0.1, 0.15) is 24.4 Å². The van der Waals surface area contributed by atoms with Gasteiger partial charge in [0.1, 0.15) is 11.6 Å². The van der Waals surface area contributed by atoms with Crippen molar-refractivity contribution in [3.05, 3.63) is 47.2 Å². The summed E-state index contributed by atoms with van der Waals surface area (Å²) >= 11 is 1.73. The molecule has 3 heterocycles. The number of imidazole rings is 1. The number of hydrogen-bond acceptors (Lipinski definition) is 4. The second kappa shape index (κ2) is 6.32. The molecule has 3 aromatic rings. The number of anilines is 2.